The maximum atomic E-state index is 13.4. The van der Waals surface area contributed by atoms with Crippen LogP contribution in [0.5, 0.6) is 0 Å². The molecule has 192 valence electrons. The lowest BCUT2D eigenvalue weighted by atomic mass is 10.1. The largest absolute Gasteiger partial charge is 0.393 e. The molecule has 4 atom stereocenters. The fourth-order valence-electron chi connectivity index (χ4n) is 4.76. The van der Waals surface area contributed by atoms with Crippen LogP contribution in [0.2, 0.25) is 0 Å². The number of nitrogens with one attached hydrogen (secondary N) is 2. The van der Waals surface area contributed by atoms with Crippen molar-refractivity contribution < 1.29 is 27.6 Å². The number of aliphatic hydroxyl groups excluding tert-OH is 1. The Labute approximate surface area is 211 Å². The van der Waals surface area contributed by atoms with Crippen LogP contribution in [0.1, 0.15) is 51.1 Å². The quantitative estimate of drug-likeness (QED) is 0.244. The molecule has 0 unspecified atom stereocenters. The lowest BCUT2D eigenvalue weighted by molar-refractivity contribution is 0.0424. The molecule has 0 radical (unpaired) electrons. The number of ether oxygens (including phenoxy) is 1. The zero-order valence-corrected chi connectivity index (χ0v) is 21.0. The Bertz CT molecular complexity index is 1370. The number of ketones is 1. The van der Waals surface area contributed by atoms with Crippen LogP contribution in [-0.2, 0) is 21.6 Å². The normalized spacial score (nSPS) is 24.0. The fourth-order valence-corrected chi connectivity index (χ4v) is 6.06. The van der Waals surface area contributed by atoms with E-state index in [1.165, 1.54) is 23.9 Å². The third kappa shape index (κ3) is 5.33. The molecule has 1 aliphatic carbocycles. The van der Waals surface area contributed by atoms with Crippen molar-refractivity contribution in [3.05, 3.63) is 57.4 Å². The highest BCUT2D eigenvalue weighted by molar-refractivity contribution is 7.83. The van der Waals surface area contributed by atoms with Gasteiger partial charge in [0, 0.05) is 24.7 Å². The lowest BCUT2D eigenvalue weighted by Gasteiger charge is -2.23. The number of aliphatic hydroxyl groups is 1. The zero-order valence-electron chi connectivity index (χ0n) is 19.4. The number of fused-ring (bicyclic) bond motifs is 1. The summed E-state index contributed by atoms with van der Waals surface area (Å²) >= 11 is 1.32. The van der Waals surface area contributed by atoms with Crippen LogP contribution >= 0.6 is 11.3 Å². The standard InChI is InChI=1S/C22H26N6O6S2/c1-12-4-17-21(34-3-2-28(17)27-12)14-6-19(35-10-14)20(30)16-9-23-11-24-22(16)26-15-5-13(18(29)7-15)8-25-36(31,32)33/h4,6,9-11,13,15,18,21,25,29H,2-3,5,7-8H2,1H3,(H,23,24,26)(H,31,32,33)/t13-,15-,18+,21-/m1/s1. The molecule has 0 saturated heterocycles. The predicted octanol–water partition coefficient (Wildman–Crippen LogP) is 1.34. The molecule has 4 heterocycles. The smallest absolute Gasteiger partial charge is 0.333 e. The second-order valence-corrected chi connectivity index (χ2v) is 11.2. The summed E-state index contributed by atoms with van der Waals surface area (Å²) in [7, 11) is -4.34. The number of carbonyl (C=O) groups excluding carboxylic acids is 1. The summed E-state index contributed by atoms with van der Waals surface area (Å²) in [4.78, 5) is 22.2. The molecule has 36 heavy (non-hydrogen) atoms. The highest BCUT2D eigenvalue weighted by Crippen LogP contribution is 2.34. The number of aromatic nitrogens is 4. The van der Waals surface area contributed by atoms with E-state index in [4.69, 9.17) is 9.29 Å². The van der Waals surface area contributed by atoms with Crippen molar-refractivity contribution in [1.82, 2.24) is 24.5 Å². The Morgan fingerprint density at radius 1 is 1.33 bits per heavy atom. The minimum atomic E-state index is -4.34. The average Bonchev–Trinajstić information content (AvgIpc) is 3.54. The van der Waals surface area contributed by atoms with E-state index < -0.39 is 22.3 Å². The summed E-state index contributed by atoms with van der Waals surface area (Å²) in [5.41, 5.74) is 3.05. The predicted molar refractivity (Wildman–Crippen MR) is 130 cm³/mol. The monoisotopic (exact) mass is 534 g/mol. The molecule has 4 N–H and O–H groups in total. The Kier molecular flexibility index (Phi) is 6.89. The third-order valence-electron chi connectivity index (χ3n) is 6.42. The third-order valence-corrected chi connectivity index (χ3v) is 7.90. The molecule has 0 amide bonds. The van der Waals surface area contributed by atoms with Crippen molar-refractivity contribution in [2.75, 3.05) is 18.5 Å². The van der Waals surface area contributed by atoms with Crippen LogP contribution in [0.4, 0.5) is 5.82 Å². The first-order chi connectivity index (χ1) is 17.2. The molecular weight excluding hydrogens is 508 g/mol. The summed E-state index contributed by atoms with van der Waals surface area (Å²) in [6.45, 7) is 3.07. The average molecular weight is 535 g/mol. The Hall–Kier alpha value is -2.75. The van der Waals surface area contributed by atoms with Crippen molar-refractivity contribution in [2.24, 2.45) is 5.92 Å². The van der Waals surface area contributed by atoms with E-state index in [2.05, 4.69) is 20.4 Å². The molecule has 2 aliphatic rings. The number of anilines is 1. The Balaban J connectivity index is 1.31. The molecule has 14 heteroatoms. The number of hydrogen-bond donors (Lipinski definition) is 4. The fraction of sp³-hybridized carbons (Fsp3) is 0.455. The summed E-state index contributed by atoms with van der Waals surface area (Å²) < 4.78 is 40.8. The molecule has 1 fully saturated rings. The van der Waals surface area contributed by atoms with Crippen LogP contribution in [0.15, 0.2) is 30.0 Å². The van der Waals surface area contributed by atoms with E-state index >= 15 is 0 Å². The van der Waals surface area contributed by atoms with Gasteiger partial charge in [-0.15, -0.1) is 11.3 Å². The minimum absolute atomic E-state index is 0.0899. The number of thiophene rings is 1. The number of aryl methyl sites for hydroxylation is 1. The summed E-state index contributed by atoms with van der Waals surface area (Å²) in [5, 5.41) is 19.9. The van der Waals surface area contributed by atoms with E-state index in [0.717, 1.165) is 17.0 Å². The van der Waals surface area contributed by atoms with Gasteiger partial charge in [-0.05, 0) is 42.8 Å². The van der Waals surface area contributed by atoms with Gasteiger partial charge in [0.2, 0.25) is 5.78 Å². The topological polar surface area (TPSA) is 169 Å². The number of nitrogens with zero attached hydrogens (tertiary/aromatic N) is 4. The molecule has 0 spiro atoms. The van der Waals surface area contributed by atoms with Crippen molar-refractivity contribution in [2.45, 2.75) is 44.6 Å². The molecule has 1 aliphatic heterocycles. The van der Waals surface area contributed by atoms with E-state index in [-0.39, 0.29) is 24.5 Å². The number of rotatable bonds is 8. The second-order valence-electron chi connectivity index (χ2n) is 9.01. The molecule has 3 aromatic rings. The van der Waals surface area contributed by atoms with Gasteiger partial charge in [0.25, 0.3) is 0 Å². The van der Waals surface area contributed by atoms with Gasteiger partial charge in [-0.1, -0.05) is 0 Å². The molecule has 5 rings (SSSR count). The van der Waals surface area contributed by atoms with E-state index in [1.807, 2.05) is 33.8 Å². The van der Waals surface area contributed by atoms with Gasteiger partial charge in [-0.25, -0.2) is 9.97 Å². The number of carbonyl (C=O) groups is 1. The van der Waals surface area contributed by atoms with Gasteiger partial charge in [-0.3, -0.25) is 14.0 Å². The highest BCUT2D eigenvalue weighted by Gasteiger charge is 2.34. The van der Waals surface area contributed by atoms with Crippen molar-refractivity contribution in [3.8, 4) is 0 Å². The lowest BCUT2D eigenvalue weighted by Crippen LogP contribution is -2.32. The maximum absolute atomic E-state index is 13.4. The van der Waals surface area contributed by atoms with Crippen LogP contribution < -0.4 is 10.0 Å². The van der Waals surface area contributed by atoms with Gasteiger partial charge in [-0.2, -0.15) is 18.2 Å². The van der Waals surface area contributed by atoms with E-state index in [0.29, 0.717) is 42.3 Å². The molecule has 12 nitrogen and oxygen atoms in total. The zero-order chi connectivity index (χ0) is 25.4. The second kappa shape index (κ2) is 9.95. The van der Waals surface area contributed by atoms with Crippen LogP contribution in [-0.4, -0.2) is 68.9 Å². The SMILES string of the molecule is Cc1cc2n(n1)CCO[C@@H]2c1csc(C(=O)c2cncnc2N[C@@H]2C[C@H](CNS(=O)(=O)O)[C@@H](O)C2)c1. The first-order valence-corrected chi connectivity index (χ1v) is 13.8. The highest BCUT2D eigenvalue weighted by atomic mass is 32.2. The van der Waals surface area contributed by atoms with E-state index in [1.54, 1.807) is 0 Å². The first kappa shape index (κ1) is 24.9. The Morgan fingerprint density at radius 2 is 2.17 bits per heavy atom. The van der Waals surface area contributed by atoms with Crippen LogP contribution in [0.25, 0.3) is 0 Å². The maximum Gasteiger partial charge on any atom is 0.333 e. The molecule has 3 aromatic heterocycles. The minimum Gasteiger partial charge on any atom is -0.393 e. The van der Waals surface area contributed by atoms with Gasteiger partial charge in [0.15, 0.2) is 0 Å². The van der Waals surface area contributed by atoms with Gasteiger partial charge < -0.3 is 15.2 Å². The van der Waals surface area contributed by atoms with Crippen molar-refractivity contribution in [3.63, 3.8) is 0 Å². The number of hydrogen-bond acceptors (Lipinski definition) is 10. The van der Waals surface area contributed by atoms with Gasteiger partial charge >= 0.3 is 10.3 Å². The van der Waals surface area contributed by atoms with Crippen LogP contribution in [0.3, 0.4) is 0 Å². The molecule has 1 saturated carbocycles. The van der Waals surface area contributed by atoms with E-state index in [9.17, 15) is 18.3 Å². The van der Waals surface area contributed by atoms with Crippen molar-refractivity contribution in [1.29, 1.82) is 0 Å². The van der Waals surface area contributed by atoms with Crippen LogP contribution in [0, 0.1) is 12.8 Å². The molecule has 0 bridgehead atoms. The molecule has 0 aromatic carbocycles. The summed E-state index contributed by atoms with van der Waals surface area (Å²) in [6.07, 6.45) is 2.48. The summed E-state index contributed by atoms with van der Waals surface area (Å²) in [5.74, 6) is -0.288. The first-order valence-electron chi connectivity index (χ1n) is 11.4. The summed E-state index contributed by atoms with van der Waals surface area (Å²) in [6, 6.07) is 3.57. The van der Waals surface area contributed by atoms with Gasteiger partial charge in [0.05, 0.1) is 41.1 Å². The van der Waals surface area contributed by atoms with Crippen molar-refractivity contribution >= 4 is 33.2 Å². The Morgan fingerprint density at radius 3 is 2.97 bits per heavy atom. The van der Waals surface area contributed by atoms with Gasteiger partial charge in [0.1, 0.15) is 18.2 Å². The molecular formula is C22H26N6O6S2.